The van der Waals surface area contributed by atoms with E-state index in [9.17, 15) is 19.2 Å². The van der Waals surface area contributed by atoms with E-state index in [2.05, 4.69) is 12.2 Å². The Labute approximate surface area is 249 Å². The first kappa shape index (κ1) is 25.6. The highest BCUT2D eigenvalue weighted by molar-refractivity contribution is 7.12. The van der Waals surface area contributed by atoms with Gasteiger partial charge in [-0.25, -0.2) is 9.78 Å². The second-order valence-corrected chi connectivity index (χ2v) is 12.7. The zero-order valence-corrected chi connectivity index (χ0v) is 23.7. The molecule has 6 unspecified atom stereocenters. The van der Waals surface area contributed by atoms with Crippen LogP contribution < -0.4 is 4.90 Å². The molecule has 208 valence electrons. The summed E-state index contributed by atoms with van der Waals surface area (Å²) in [5.74, 6) is -0.281. The molecule has 2 aromatic carbocycles. The van der Waals surface area contributed by atoms with Gasteiger partial charge in [0.2, 0.25) is 17.6 Å². The van der Waals surface area contributed by atoms with E-state index in [1.54, 1.807) is 66.0 Å². The molecular formula is C33H23ClN2O5S. The Morgan fingerprint density at radius 2 is 1.67 bits per heavy atom. The molecule has 0 spiro atoms. The summed E-state index contributed by atoms with van der Waals surface area (Å²) in [4.78, 5) is 59.3. The van der Waals surface area contributed by atoms with Gasteiger partial charge in [-0.2, -0.15) is 0 Å². The number of rotatable bonds is 6. The molecule has 6 atom stereocenters. The van der Waals surface area contributed by atoms with Gasteiger partial charge in [0.25, 0.3) is 0 Å². The van der Waals surface area contributed by atoms with E-state index in [0.717, 1.165) is 6.42 Å². The summed E-state index contributed by atoms with van der Waals surface area (Å²) in [6.07, 6.45) is 5.44. The lowest BCUT2D eigenvalue weighted by atomic mass is 9.63. The van der Waals surface area contributed by atoms with Crippen LogP contribution in [0, 0.1) is 35.5 Å². The molecule has 1 aliphatic heterocycles. The molecule has 3 heterocycles. The monoisotopic (exact) mass is 594 g/mol. The van der Waals surface area contributed by atoms with Crippen LogP contribution in [0.1, 0.15) is 26.5 Å². The molecule has 0 N–H and O–H groups in total. The maximum absolute atomic E-state index is 13.5. The predicted molar refractivity (Wildman–Crippen MR) is 158 cm³/mol. The maximum atomic E-state index is 13.5. The van der Waals surface area contributed by atoms with Gasteiger partial charge in [0.05, 0.1) is 44.2 Å². The Hall–Kier alpha value is -4.14. The van der Waals surface area contributed by atoms with Crippen molar-refractivity contribution in [1.82, 2.24) is 4.98 Å². The fraction of sp³-hybridized carbons (Fsp3) is 0.242. The van der Waals surface area contributed by atoms with Crippen molar-refractivity contribution >= 4 is 63.1 Å². The summed E-state index contributed by atoms with van der Waals surface area (Å²) in [7, 11) is 0. The number of para-hydroxylation sites is 1. The molecule has 2 aromatic heterocycles. The van der Waals surface area contributed by atoms with E-state index in [1.807, 2.05) is 0 Å². The van der Waals surface area contributed by atoms with Gasteiger partial charge < -0.3 is 4.74 Å². The number of halogens is 1. The summed E-state index contributed by atoms with van der Waals surface area (Å²) >= 11 is 7.77. The first-order valence-electron chi connectivity index (χ1n) is 13.9. The Morgan fingerprint density at radius 1 is 0.952 bits per heavy atom. The molecule has 4 aromatic rings. The average Bonchev–Trinajstić information content (AvgIpc) is 3.58. The second kappa shape index (κ2) is 9.44. The minimum Gasteiger partial charge on any atom is -0.454 e. The summed E-state index contributed by atoms with van der Waals surface area (Å²) in [6, 6.07) is 17.3. The highest BCUT2D eigenvalue weighted by Crippen LogP contribution is 2.65. The van der Waals surface area contributed by atoms with Crippen LogP contribution in [-0.2, 0) is 14.3 Å². The molecule has 1 saturated heterocycles. The van der Waals surface area contributed by atoms with E-state index in [0.29, 0.717) is 49.6 Å². The number of hydrogen-bond donors (Lipinski definition) is 0. The molecule has 42 heavy (non-hydrogen) atoms. The van der Waals surface area contributed by atoms with Crippen molar-refractivity contribution in [3.63, 3.8) is 0 Å². The van der Waals surface area contributed by atoms with E-state index in [1.165, 1.54) is 16.2 Å². The van der Waals surface area contributed by atoms with Crippen LogP contribution in [0.2, 0.25) is 5.02 Å². The van der Waals surface area contributed by atoms with Crippen molar-refractivity contribution < 1.29 is 23.9 Å². The Morgan fingerprint density at radius 3 is 2.33 bits per heavy atom. The molecule has 2 saturated carbocycles. The number of carbonyl (C=O) groups is 4. The van der Waals surface area contributed by atoms with Gasteiger partial charge in [0.1, 0.15) is 0 Å². The average molecular weight is 595 g/mol. The Bertz CT molecular complexity index is 1810. The van der Waals surface area contributed by atoms with Crippen molar-refractivity contribution in [1.29, 1.82) is 0 Å². The first-order valence-corrected chi connectivity index (χ1v) is 15.2. The quantitative estimate of drug-likeness (QED) is 0.114. The molecule has 3 fully saturated rings. The molecule has 5 aliphatic rings. The van der Waals surface area contributed by atoms with Crippen molar-refractivity contribution in [3.8, 4) is 11.3 Å². The van der Waals surface area contributed by atoms with Crippen molar-refractivity contribution in [2.24, 2.45) is 35.5 Å². The molecular weight excluding hydrogens is 572 g/mol. The highest BCUT2D eigenvalue weighted by Gasteiger charge is 2.67. The number of thiophene rings is 1. The van der Waals surface area contributed by atoms with Crippen molar-refractivity contribution in [2.45, 2.75) is 6.42 Å². The first-order chi connectivity index (χ1) is 20.4. The van der Waals surface area contributed by atoms with Gasteiger partial charge in [-0.15, -0.1) is 11.3 Å². The number of ketones is 1. The van der Waals surface area contributed by atoms with E-state index < -0.39 is 5.97 Å². The summed E-state index contributed by atoms with van der Waals surface area (Å²) in [5.41, 5.74) is 2.32. The number of aromatic nitrogens is 1. The largest absolute Gasteiger partial charge is 0.454 e. The number of pyridine rings is 1. The van der Waals surface area contributed by atoms with Crippen LogP contribution in [0.5, 0.6) is 0 Å². The van der Waals surface area contributed by atoms with Crippen LogP contribution in [-0.4, -0.2) is 35.2 Å². The number of allylic oxidation sites excluding steroid dienone is 2. The lowest BCUT2D eigenvalue weighted by Gasteiger charge is -2.37. The number of anilines is 1. The fourth-order valence-electron chi connectivity index (χ4n) is 7.24. The second-order valence-electron chi connectivity index (χ2n) is 11.4. The minimum atomic E-state index is -0.662. The van der Waals surface area contributed by atoms with Crippen LogP contribution in [0.15, 0.2) is 78.2 Å². The standard InChI is InChI=1S/C33H23ClN2O5S/c34-24-4-1-3-20-23(33(40)41-15-26(37)27-5-2-12-42-27)14-25(35-30(20)24)16-6-8-17(9-7-16)36-31(38)28-18-10-11-19(22-13-21(18)22)29(28)32(36)39/h1-12,14,18-19,21-22,28-29H,13,15H2. The van der Waals surface area contributed by atoms with Gasteiger partial charge >= 0.3 is 5.97 Å². The Kier molecular flexibility index (Phi) is 5.75. The lowest BCUT2D eigenvalue weighted by Crippen LogP contribution is -2.40. The van der Waals surface area contributed by atoms with E-state index >= 15 is 0 Å². The number of amides is 2. The number of esters is 1. The van der Waals surface area contributed by atoms with Gasteiger partial charge in [0, 0.05) is 10.9 Å². The predicted octanol–water partition coefficient (Wildman–Crippen LogP) is 6.21. The minimum absolute atomic E-state index is 0.111. The fourth-order valence-corrected chi connectivity index (χ4v) is 8.11. The number of carbonyl (C=O) groups excluding carboxylic acids is 4. The Balaban J connectivity index is 1.09. The van der Waals surface area contributed by atoms with Crippen LogP contribution >= 0.6 is 22.9 Å². The van der Waals surface area contributed by atoms with Crippen LogP contribution in [0.4, 0.5) is 5.69 Å². The van der Waals surface area contributed by atoms with Crippen molar-refractivity contribution in [3.05, 3.63) is 93.7 Å². The zero-order chi connectivity index (χ0) is 28.7. The smallest absolute Gasteiger partial charge is 0.339 e. The number of imide groups is 1. The van der Waals surface area contributed by atoms with Gasteiger partial charge in [-0.1, -0.05) is 54.1 Å². The molecule has 2 amide bonds. The van der Waals surface area contributed by atoms with E-state index in [4.69, 9.17) is 21.3 Å². The number of nitrogens with zero attached hydrogens (tertiary/aromatic N) is 2. The summed E-state index contributed by atoms with van der Waals surface area (Å²) < 4.78 is 5.40. The third-order valence-electron chi connectivity index (χ3n) is 9.22. The maximum Gasteiger partial charge on any atom is 0.339 e. The van der Waals surface area contributed by atoms with E-state index in [-0.39, 0.29) is 53.4 Å². The van der Waals surface area contributed by atoms with Gasteiger partial charge in [-0.3, -0.25) is 19.3 Å². The summed E-state index contributed by atoms with van der Waals surface area (Å²) in [5, 5.41) is 2.66. The molecule has 9 rings (SSSR count). The molecule has 0 radical (unpaired) electrons. The molecule has 9 heteroatoms. The SMILES string of the molecule is O=C(COC(=O)c1cc(-c2ccc(N3C(=O)C4C5C=CC(C6CC56)C4C3=O)cc2)nc2c(Cl)cccc12)c1cccs1. The van der Waals surface area contributed by atoms with Crippen molar-refractivity contribution in [2.75, 3.05) is 11.5 Å². The third-order valence-corrected chi connectivity index (χ3v) is 10.4. The molecule has 2 bridgehead atoms. The summed E-state index contributed by atoms with van der Waals surface area (Å²) in [6.45, 7) is -0.383. The third kappa shape index (κ3) is 3.82. The normalized spacial score (nSPS) is 26.8. The zero-order valence-electron chi connectivity index (χ0n) is 22.1. The highest BCUT2D eigenvalue weighted by atomic mass is 35.5. The number of benzene rings is 2. The van der Waals surface area contributed by atoms with Crippen LogP contribution in [0.25, 0.3) is 22.2 Å². The number of fused-ring (bicyclic) bond motifs is 1. The number of Topliss-reactive ketones (excluding diaryl/α,β-unsaturated/α-hetero) is 1. The van der Waals surface area contributed by atoms with Gasteiger partial charge in [0.15, 0.2) is 6.61 Å². The van der Waals surface area contributed by atoms with Crippen LogP contribution in [0.3, 0.4) is 0 Å². The topological polar surface area (TPSA) is 93.6 Å². The number of hydrogen-bond acceptors (Lipinski definition) is 7. The number of ether oxygens (including phenoxy) is 1. The molecule has 4 aliphatic carbocycles. The molecule has 7 nitrogen and oxygen atoms in total. The lowest BCUT2D eigenvalue weighted by molar-refractivity contribution is -0.124. The van der Waals surface area contributed by atoms with Gasteiger partial charge in [-0.05, 0) is 65.8 Å².